The quantitative estimate of drug-likeness (QED) is 0.911. The van der Waals surface area contributed by atoms with Crippen molar-refractivity contribution in [1.29, 1.82) is 0 Å². The highest BCUT2D eigenvalue weighted by Gasteiger charge is 2.21. The van der Waals surface area contributed by atoms with Gasteiger partial charge in [-0.1, -0.05) is 34.5 Å². The van der Waals surface area contributed by atoms with Crippen LogP contribution < -0.4 is 5.32 Å². The number of nitrogens with zero attached hydrogens (tertiary/aromatic N) is 1. The van der Waals surface area contributed by atoms with Gasteiger partial charge in [0.1, 0.15) is 0 Å². The monoisotopic (exact) mass is 344 g/mol. The molecule has 0 atom stereocenters. The Balaban J connectivity index is 1.94. The van der Waals surface area contributed by atoms with Gasteiger partial charge in [-0.25, -0.2) is 0 Å². The molecule has 104 valence electrons. The normalized spacial score (nSPS) is 17.4. The average molecular weight is 346 g/mol. The van der Waals surface area contributed by atoms with Crippen LogP contribution in [0.3, 0.4) is 0 Å². The fraction of sp³-hybridized carbons (Fsp3) is 0.500. The molecule has 1 amide bonds. The number of carbonyl (C=O) groups is 1. The van der Waals surface area contributed by atoms with Gasteiger partial charge in [-0.3, -0.25) is 4.79 Å². The Labute approximate surface area is 127 Å². The van der Waals surface area contributed by atoms with Crippen LogP contribution in [0.25, 0.3) is 0 Å². The summed E-state index contributed by atoms with van der Waals surface area (Å²) in [5, 5.41) is 3.56. The van der Waals surface area contributed by atoms with Gasteiger partial charge in [-0.05, 0) is 37.6 Å². The maximum Gasteiger partial charge on any atom is 0.253 e. The molecule has 1 aromatic carbocycles. The molecule has 1 aliphatic heterocycles. The number of carbonyl (C=O) groups excluding carboxylic acids is 1. The number of likely N-dealkylation sites (tertiary alicyclic amines) is 1. The van der Waals surface area contributed by atoms with E-state index in [-0.39, 0.29) is 11.9 Å². The summed E-state index contributed by atoms with van der Waals surface area (Å²) >= 11 is 9.43. The van der Waals surface area contributed by atoms with E-state index in [1.807, 2.05) is 6.07 Å². The molecule has 0 bridgehead atoms. The van der Waals surface area contributed by atoms with Gasteiger partial charge in [0.05, 0.1) is 10.6 Å². The minimum Gasteiger partial charge on any atom is -0.349 e. The van der Waals surface area contributed by atoms with E-state index in [1.54, 1.807) is 12.1 Å². The standard InChI is InChI=1S/C14H18BrClN2O/c1-2-18-7-5-11(6-8-18)17-14(19)12-4-3-10(15)9-13(12)16/h3-4,9,11H,2,5-8H2,1H3,(H,17,19). The van der Waals surface area contributed by atoms with E-state index >= 15 is 0 Å². The summed E-state index contributed by atoms with van der Waals surface area (Å²) < 4.78 is 0.880. The summed E-state index contributed by atoms with van der Waals surface area (Å²) in [6.07, 6.45) is 2.02. The van der Waals surface area contributed by atoms with Crippen molar-refractivity contribution >= 4 is 33.4 Å². The Morgan fingerprint density at radius 3 is 2.74 bits per heavy atom. The highest BCUT2D eigenvalue weighted by Crippen LogP contribution is 2.21. The van der Waals surface area contributed by atoms with Crippen molar-refractivity contribution in [1.82, 2.24) is 10.2 Å². The van der Waals surface area contributed by atoms with Crippen molar-refractivity contribution in [2.24, 2.45) is 0 Å². The number of halogens is 2. The maximum absolute atomic E-state index is 12.2. The second-order valence-corrected chi connectivity index (χ2v) is 6.13. The van der Waals surface area contributed by atoms with Crippen LogP contribution in [0.15, 0.2) is 22.7 Å². The Morgan fingerprint density at radius 1 is 1.47 bits per heavy atom. The lowest BCUT2D eigenvalue weighted by molar-refractivity contribution is 0.0913. The summed E-state index contributed by atoms with van der Waals surface area (Å²) in [5.74, 6) is -0.0764. The number of piperidine rings is 1. The number of hydrogen-bond acceptors (Lipinski definition) is 2. The van der Waals surface area contributed by atoms with Crippen LogP contribution >= 0.6 is 27.5 Å². The number of benzene rings is 1. The van der Waals surface area contributed by atoms with E-state index < -0.39 is 0 Å². The summed E-state index contributed by atoms with van der Waals surface area (Å²) in [5.41, 5.74) is 0.544. The molecule has 1 fully saturated rings. The molecular weight excluding hydrogens is 328 g/mol. The first-order valence-corrected chi connectivity index (χ1v) is 7.75. The summed E-state index contributed by atoms with van der Waals surface area (Å²) in [6, 6.07) is 5.59. The molecule has 1 heterocycles. The zero-order chi connectivity index (χ0) is 13.8. The molecule has 3 nitrogen and oxygen atoms in total. The molecule has 0 unspecified atom stereocenters. The summed E-state index contributed by atoms with van der Waals surface area (Å²) in [4.78, 5) is 14.6. The molecule has 0 spiro atoms. The van der Waals surface area contributed by atoms with Crippen LogP contribution in [0.5, 0.6) is 0 Å². The molecule has 0 aliphatic carbocycles. The highest BCUT2D eigenvalue weighted by atomic mass is 79.9. The third-order valence-corrected chi connectivity index (χ3v) is 4.35. The van der Waals surface area contributed by atoms with Crippen molar-refractivity contribution in [2.75, 3.05) is 19.6 Å². The Kier molecular flexibility index (Phi) is 5.25. The van der Waals surface area contributed by atoms with E-state index in [2.05, 4.69) is 33.1 Å². The minimum absolute atomic E-state index is 0.0764. The molecule has 1 aromatic rings. The van der Waals surface area contributed by atoms with E-state index in [0.29, 0.717) is 10.6 Å². The molecule has 0 radical (unpaired) electrons. The minimum atomic E-state index is -0.0764. The van der Waals surface area contributed by atoms with Gasteiger partial charge in [-0.2, -0.15) is 0 Å². The van der Waals surface area contributed by atoms with Crippen LogP contribution in [0, 0.1) is 0 Å². The van der Waals surface area contributed by atoms with Gasteiger partial charge >= 0.3 is 0 Å². The van der Waals surface area contributed by atoms with Crippen LogP contribution in [0.4, 0.5) is 0 Å². The van der Waals surface area contributed by atoms with Crippen molar-refractivity contribution in [3.8, 4) is 0 Å². The Morgan fingerprint density at radius 2 is 2.16 bits per heavy atom. The third-order valence-electron chi connectivity index (χ3n) is 3.55. The molecule has 5 heteroatoms. The predicted octanol–water partition coefficient (Wildman–Crippen LogP) is 3.32. The summed E-state index contributed by atoms with van der Waals surface area (Å²) in [7, 11) is 0. The highest BCUT2D eigenvalue weighted by molar-refractivity contribution is 9.10. The van der Waals surface area contributed by atoms with Gasteiger partial charge in [0.2, 0.25) is 0 Å². The van der Waals surface area contributed by atoms with E-state index in [9.17, 15) is 4.79 Å². The van der Waals surface area contributed by atoms with E-state index in [0.717, 1.165) is 36.9 Å². The van der Waals surface area contributed by atoms with E-state index in [4.69, 9.17) is 11.6 Å². The molecule has 1 saturated heterocycles. The van der Waals surface area contributed by atoms with Crippen molar-refractivity contribution in [2.45, 2.75) is 25.8 Å². The third kappa shape index (κ3) is 3.94. The fourth-order valence-electron chi connectivity index (χ4n) is 2.33. The lowest BCUT2D eigenvalue weighted by Crippen LogP contribution is -2.44. The van der Waals surface area contributed by atoms with Crippen LogP contribution in [-0.2, 0) is 0 Å². The fourth-order valence-corrected chi connectivity index (χ4v) is 3.09. The van der Waals surface area contributed by atoms with Crippen molar-refractivity contribution in [3.05, 3.63) is 33.3 Å². The number of rotatable bonds is 3. The van der Waals surface area contributed by atoms with Crippen molar-refractivity contribution in [3.63, 3.8) is 0 Å². The first kappa shape index (κ1) is 14.8. The molecule has 0 aromatic heterocycles. The molecule has 2 rings (SSSR count). The van der Waals surface area contributed by atoms with Gasteiger partial charge in [-0.15, -0.1) is 0 Å². The largest absolute Gasteiger partial charge is 0.349 e. The Bertz CT molecular complexity index is 459. The molecule has 1 aliphatic rings. The van der Waals surface area contributed by atoms with Gasteiger partial charge in [0.15, 0.2) is 0 Å². The molecule has 19 heavy (non-hydrogen) atoms. The predicted molar refractivity (Wildman–Crippen MR) is 81.8 cm³/mol. The molecule has 0 saturated carbocycles. The second-order valence-electron chi connectivity index (χ2n) is 4.81. The Hall–Kier alpha value is -0.580. The van der Waals surface area contributed by atoms with Crippen molar-refractivity contribution < 1.29 is 4.79 Å². The summed E-state index contributed by atoms with van der Waals surface area (Å²) in [6.45, 7) is 5.35. The number of nitrogens with one attached hydrogen (secondary N) is 1. The van der Waals surface area contributed by atoms with Crippen LogP contribution in [-0.4, -0.2) is 36.5 Å². The first-order chi connectivity index (χ1) is 9.10. The second kappa shape index (κ2) is 6.73. The lowest BCUT2D eigenvalue weighted by atomic mass is 10.0. The van der Waals surface area contributed by atoms with Crippen LogP contribution in [0.2, 0.25) is 5.02 Å². The number of hydrogen-bond donors (Lipinski definition) is 1. The van der Waals surface area contributed by atoms with Crippen LogP contribution in [0.1, 0.15) is 30.1 Å². The first-order valence-electron chi connectivity index (χ1n) is 6.58. The van der Waals surface area contributed by atoms with Gasteiger partial charge in [0, 0.05) is 23.6 Å². The smallest absolute Gasteiger partial charge is 0.253 e. The lowest BCUT2D eigenvalue weighted by Gasteiger charge is -2.31. The molecular formula is C14H18BrClN2O. The average Bonchev–Trinajstić information content (AvgIpc) is 2.39. The van der Waals surface area contributed by atoms with Gasteiger partial charge in [0.25, 0.3) is 5.91 Å². The zero-order valence-electron chi connectivity index (χ0n) is 11.0. The molecule has 1 N–H and O–H groups in total. The topological polar surface area (TPSA) is 32.3 Å². The SMILES string of the molecule is CCN1CCC(NC(=O)c2ccc(Br)cc2Cl)CC1. The van der Waals surface area contributed by atoms with E-state index in [1.165, 1.54) is 0 Å². The number of amides is 1. The van der Waals surface area contributed by atoms with Gasteiger partial charge < -0.3 is 10.2 Å². The maximum atomic E-state index is 12.2. The zero-order valence-corrected chi connectivity index (χ0v) is 13.3.